The molecule has 0 atom stereocenters. The van der Waals surface area contributed by atoms with E-state index in [-0.39, 0.29) is 35.5 Å². The summed E-state index contributed by atoms with van der Waals surface area (Å²) in [6.45, 7) is 2.85. The molecule has 5 nitrogen and oxygen atoms in total. The average molecular weight is 521 g/mol. The van der Waals surface area contributed by atoms with E-state index in [0.29, 0.717) is 0 Å². The van der Waals surface area contributed by atoms with E-state index in [2.05, 4.69) is 39.5 Å². The second kappa shape index (κ2) is 10.4. The number of methoxy groups -OCH3 is 1. The minimum Gasteiger partial charge on any atom is -0.497 e. The minimum atomic E-state index is 0. The van der Waals surface area contributed by atoms with Gasteiger partial charge in [-0.2, -0.15) is 0 Å². The van der Waals surface area contributed by atoms with Crippen LogP contribution in [0.1, 0.15) is 31.2 Å². The van der Waals surface area contributed by atoms with Crippen LogP contribution in [0.3, 0.4) is 0 Å². The third kappa shape index (κ3) is 5.39. The van der Waals surface area contributed by atoms with Crippen molar-refractivity contribution >= 4 is 29.9 Å². The van der Waals surface area contributed by atoms with Crippen LogP contribution in [0.4, 0.5) is 0 Å². The summed E-state index contributed by atoms with van der Waals surface area (Å²) in [5, 5.41) is 3.64. The van der Waals surface area contributed by atoms with E-state index in [1.165, 1.54) is 18.4 Å². The number of hydrogen-bond acceptors (Lipinski definition) is 3. The predicted molar refractivity (Wildman–Crippen MR) is 132 cm³/mol. The molecule has 0 spiro atoms. The molecule has 1 aliphatic heterocycles. The topological polar surface area (TPSA) is 46.1 Å². The number of rotatable bonds is 6. The first-order valence-corrected chi connectivity index (χ1v) is 10.5. The zero-order valence-corrected chi connectivity index (χ0v) is 20.2. The third-order valence-corrected chi connectivity index (χ3v) is 6.14. The van der Waals surface area contributed by atoms with Gasteiger partial charge >= 0.3 is 0 Å². The van der Waals surface area contributed by atoms with Gasteiger partial charge in [0.25, 0.3) is 0 Å². The molecule has 0 radical (unpaired) electrons. The largest absolute Gasteiger partial charge is 0.497 e. The first-order valence-electron chi connectivity index (χ1n) is 10.5. The normalized spacial score (nSPS) is 18.3. The molecule has 1 heterocycles. The summed E-state index contributed by atoms with van der Waals surface area (Å²) in [4.78, 5) is 6.90. The number of benzene rings is 2. The van der Waals surface area contributed by atoms with Crippen molar-refractivity contribution in [3.8, 4) is 11.5 Å². The van der Waals surface area contributed by atoms with Gasteiger partial charge in [-0.1, -0.05) is 30.3 Å². The van der Waals surface area contributed by atoms with Gasteiger partial charge in [0.1, 0.15) is 17.6 Å². The van der Waals surface area contributed by atoms with E-state index in [9.17, 15) is 0 Å². The highest BCUT2D eigenvalue weighted by atomic mass is 127. The molecule has 2 aromatic carbocycles. The quantitative estimate of drug-likeness (QED) is 0.347. The van der Waals surface area contributed by atoms with E-state index in [1.807, 2.05) is 37.4 Å². The second-order valence-corrected chi connectivity index (χ2v) is 8.03. The number of para-hydroxylation sites is 1. The number of hydrogen-bond donors (Lipinski definition) is 1. The van der Waals surface area contributed by atoms with Crippen LogP contribution in [0.5, 0.6) is 11.5 Å². The summed E-state index contributed by atoms with van der Waals surface area (Å²) in [5.74, 6) is 2.88. The van der Waals surface area contributed by atoms with E-state index < -0.39 is 0 Å². The molecule has 1 N–H and O–H groups in total. The number of nitrogens with one attached hydrogen (secondary N) is 1. The Morgan fingerprint density at radius 3 is 2.27 bits per heavy atom. The lowest BCUT2D eigenvalue weighted by atomic mass is 9.96. The number of likely N-dealkylation sites (tertiary alicyclic amines) is 1. The highest BCUT2D eigenvalue weighted by Crippen LogP contribution is 2.47. The maximum atomic E-state index is 6.12. The van der Waals surface area contributed by atoms with Crippen molar-refractivity contribution in [2.45, 2.75) is 37.2 Å². The molecule has 0 aromatic heterocycles. The number of halogens is 1. The lowest BCUT2D eigenvalue weighted by Crippen LogP contribution is -2.49. The minimum absolute atomic E-state index is 0. The summed E-state index contributed by atoms with van der Waals surface area (Å²) >= 11 is 0. The molecule has 0 amide bonds. The maximum absolute atomic E-state index is 6.12. The number of nitrogens with zero attached hydrogens (tertiary/aromatic N) is 2. The Morgan fingerprint density at radius 2 is 1.70 bits per heavy atom. The van der Waals surface area contributed by atoms with Crippen molar-refractivity contribution in [1.29, 1.82) is 0 Å². The highest BCUT2D eigenvalue weighted by Gasteiger charge is 2.44. The third-order valence-electron chi connectivity index (χ3n) is 6.14. The molecule has 1 aliphatic carbocycles. The van der Waals surface area contributed by atoms with Crippen molar-refractivity contribution in [2.75, 3.05) is 33.8 Å². The molecule has 1 saturated heterocycles. The molecule has 2 aromatic rings. The highest BCUT2D eigenvalue weighted by molar-refractivity contribution is 14.0. The Bertz CT molecular complexity index is 814. The van der Waals surface area contributed by atoms with Crippen LogP contribution < -0.4 is 14.8 Å². The summed E-state index contributed by atoms with van der Waals surface area (Å²) < 4.78 is 11.4. The van der Waals surface area contributed by atoms with Crippen molar-refractivity contribution in [3.05, 3.63) is 60.2 Å². The Balaban J connectivity index is 0.00000256. The van der Waals surface area contributed by atoms with E-state index in [0.717, 1.165) is 49.9 Å². The Labute approximate surface area is 196 Å². The zero-order chi connectivity index (χ0) is 20.1. The Hall–Kier alpha value is -1.96. The van der Waals surface area contributed by atoms with E-state index >= 15 is 0 Å². The fourth-order valence-corrected chi connectivity index (χ4v) is 4.12. The van der Waals surface area contributed by atoms with Crippen LogP contribution in [0.2, 0.25) is 0 Å². The standard InChI is InChI=1S/C24H31N3O2.HI/c1-25-23(26-18-24(14-15-24)19-8-10-20(28-2)11-9-19)27-16-12-22(13-17-27)29-21-6-4-3-5-7-21;/h3-11,22H,12-18H2,1-2H3,(H,25,26);1H. The molecule has 1 saturated carbocycles. The van der Waals surface area contributed by atoms with E-state index in [4.69, 9.17) is 9.47 Å². The average Bonchev–Trinajstić information content (AvgIpc) is 3.57. The number of piperidine rings is 1. The van der Waals surface area contributed by atoms with Gasteiger partial charge in [-0.15, -0.1) is 24.0 Å². The Morgan fingerprint density at radius 1 is 1.03 bits per heavy atom. The van der Waals surface area contributed by atoms with E-state index in [1.54, 1.807) is 7.11 Å². The first-order chi connectivity index (χ1) is 14.2. The SMILES string of the molecule is CN=C(NCC1(c2ccc(OC)cc2)CC1)N1CCC(Oc2ccccc2)CC1.I. The van der Waals surface area contributed by atoms with Gasteiger partial charge < -0.3 is 19.7 Å². The summed E-state index contributed by atoms with van der Waals surface area (Å²) in [7, 11) is 3.59. The summed E-state index contributed by atoms with van der Waals surface area (Å²) in [5.41, 5.74) is 1.62. The van der Waals surface area contributed by atoms with Crippen LogP contribution in [0.25, 0.3) is 0 Å². The fourth-order valence-electron chi connectivity index (χ4n) is 4.12. The van der Waals surface area contributed by atoms with Crippen molar-refractivity contribution in [3.63, 3.8) is 0 Å². The number of guanidine groups is 1. The van der Waals surface area contributed by atoms with Gasteiger partial charge in [-0.3, -0.25) is 4.99 Å². The van der Waals surface area contributed by atoms with Gasteiger partial charge in [0.05, 0.1) is 7.11 Å². The van der Waals surface area contributed by atoms with Crippen molar-refractivity contribution in [1.82, 2.24) is 10.2 Å². The molecular formula is C24H32IN3O2. The second-order valence-electron chi connectivity index (χ2n) is 8.03. The lowest BCUT2D eigenvalue weighted by Gasteiger charge is -2.35. The molecule has 162 valence electrons. The van der Waals surface area contributed by atoms with Gasteiger partial charge in [0, 0.05) is 44.9 Å². The fraction of sp³-hybridized carbons (Fsp3) is 0.458. The first kappa shape index (κ1) is 22.7. The van der Waals surface area contributed by atoms with Crippen molar-refractivity contribution in [2.24, 2.45) is 4.99 Å². The van der Waals surface area contributed by atoms with Gasteiger partial charge in [0.2, 0.25) is 0 Å². The summed E-state index contributed by atoms with van der Waals surface area (Å²) in [6.07, 6.45) is 4.74. The smallest absolute Gasteiger partial charge is 0.193 e. The molecule has 30 heavy (non-hydrogen) atoms. The monoisotopic (exact) mass is 521 g/mol. The van der Waals surface area contributed by atoms with Gasteiger partial charge in [0.15, 0.2) is 5.96 Å². The summed E-state index contributed by atoms with van der Waals surface area (Å²) in [6, 6.07) is 18.6. The Kier molecular flexibility index (Phi) is 7.86. The predicted octanol–water partition coefficient (Wildman–Crippen LogP) is 4.46. The van der Waals surface area contributed by atoms with Gasteiger partial charge in [-0.05, 0) is 42.7 Å². The van der Waals surface area contributed by atoms with Crippen LogP contribution in [-0.2, 0) is 5.41 Å². The molecule has 2 fully saturated rings. The molecule has 0 bridgehead atoms. The lowest BCUT2D eigenvalue weighted by molar-refractivity contribution is 0.129. The molecule has 2 aliphatic rings. The zero-order valence-electron chi connectivity index (χ0n) is 17.8. The maximum Gasteiger partial charge on any atom is 0.193 e. The van der Waals surface area contributed by atoms with Crippen molar-refractivity contribution < 1.29 is 9.47 Å². The van der Waals surface area contributed by atoms with Crippen LogP contribution in [0.15, 0.2) is 59.6 Å². The molecule has 0 unspecified atom stereocenters. The number of aliphatic imine (C=N–C) groups is 1. The van der Waals surface area contributed by atoms with Crippen LogP contribution in [-0.4, -0.2) is 50.8 Å². The molecule has 6 heteroatoms. The molecular weight excluding hydrogens is 489 g/mol. The van der Waals surface area contributed by atoms with Crippen LogP contribution >= 0.6 is 24.0 Å². The van der Waals surface area contributed by atoms with Gasteiger partial charge in [-0.25, -0.2) is 0 Å². The molecule has 4 rings (SSSR count). The number of ether oxygens (including phenoxy) is 2. The van der Waals surface area contributed by atoms with Crippen LogP contribution in [0, 0.1) is 0 Å².